The van der Waals surface area contributed by atoms with Gasteiger partial charge < -0.3 is 9.64 Å². The normalized spacial score (nSPS) is 14.8. The number of ether oxygens (including phenoxy) is 1. The molecule has 0 unspecified atom stereocenters. The number of halogens is 1. The maximum atomic E-state index is 13.1. The predicted octanol–water partition coefficient (Wildman–Crippen LogP) is 5.52. The maximum Gasteiger partial charge on any atom is 0.339 e. The molecule has 1 heterocycles. The number of likely N-dealkylation sites (N-methyl/N-ethyl adjacent to an activating group) is 1. The molecule has 188 valence electrons. The van der Waals surface area contributed by atoms with Crippen molar-refractivity contribution in [2.45, 2.75) is 19.3 Å². The number of carbonyl (C=O) groups excluding carboxylic acids is 3. The lowest BCUT2D eigenvalue weighted by Gasteiger charge is -2.23. The van der Waals surface area contributed by atoms with Crippen molar-refractivity contribution in [1.82, 2.24) is 0 Å². The Labute approximate surface area is 218 Å². The van der Waals surface area contributed by atoms with Gasteiger partial charge in [0.15, 0.2) is 18.2 Å². The number of nitro benzene ring substituents is 1. The highest BCUT2D eigenvalue weighted by Crippen LogP contribution is 2.46. The van der Waals surface area contributed by atoms with Gasteiger partial charge in [0.1, 0.15) is 5.02 Å². The van der Waals surface area contributed by atoms with Crippen molar-refractivity contribution >= 4 is 40.5 Å². The van der Waals surface area contributed by atoms with Crippen LogP contribution in [0, 0.1) is 10.1 Å². The van der Waals surface area contributed by atoms with E-state index in [1.165, 1.54) is 30.3 Å². The molecule has 0 atom stereocenters. The first-order valence-corrected chi connectivity index (χ1v) is 11.7. The first-order valence-electron chi connectivity index (χ1n) is 11.4. The number of anilines is 1. The highest BCUT2D eigenvalue weighted by Gasteiger charge is 2.38. The zero-order chi connectivity index (χ0) is 26.9. The van der Waals surface area contributed by atoms with E-state index in [1.807, 2.05) is 50.1 Å². The Kier molecular flexibility index (Phi) is 6.96. The van der Waals surface area contributed by atoms with Crippen molar-refractivity contribution in [1.29, 1.82) is 0 Å². The minimum absolute atomic E-state index is 0.0109. The van der Waals surface area contributed by atoms with Crippen LogP contribution in [0.1, 0.15) is 45.7 Å². The number of hydrogen-bond donors (Lipinski definition) is 0. The average Bonchev–Trinajstić information content (AvgIpc) is 3.07. The van der Waals surface area contributed by atoms with E-state index in [4.69, 9.17) is 16.3 Å². The van der Waals surface area contributed by atoms with Crippen LogP contribution in [-0.4, -0.2) is 36.1 Å². The first-order chi connectivity index (χ1) is 17.5. The number of para-hydroxylation sites is 1. The second-order valence-corrected chi connectivity index (χ2v) is 9.48. The highest BCUT2D eigenvalue weighted by molar-refractivity contribution is 6.33. The van der Waals surface area contributed by atoms with Gasteiger partial charge in [0.2, 0.25) is 0 Å². The molecule has 1 aliphatic heterocycles. The number of nitro groups is 1. The lowest BCUT2D eigenvalue weighted by atomic mass is 9.83. The van der Waals surface area contributed by atoms with Gasteiger partial charge in [-0.05, 0) is 29.8 Å². The van der Waals surface area contributed by atoms with Crippen molar-refractivity contribution in [3.63, 3.8) is 0 Å². The van der Waals surface area contributed by atoms with E-state index >= 15 is 0 Å². The van der Waals surface area contributed by atoms with Crippen LogP contribution in [0.25, 0.3) is 0 Å². The molecule has 3 aromatic carbocycles. The van der Waals surface area contributed by atoms with Crippen LogP contribution in [0.15, 0.2) is 78.5 Å². The van der Waals surface area contributed by atoms with Gasteiger partial charge in [-0.3, -0.25) is 19.7 Å². The van der Waals surface area contributed by atoms with E-state index in [0.29, 0.717) is 0 Å². The second kappa shape index (κ2) is 9.99. The maximum absolute atomic E-state index is 13.1. The quantitative estimate of drug-likeness (QED) is 0.133. The van der Waals surface area contributed by atoms with Crippen molar-refractivity contribution in [2.75, 3.05) is 18.6 Å². The summed E-state index contributed by atoms with van der Waals surface area (Å²) in [7, 11) is 1.88. The number of esters is 1. The summed E-state index contributed by atoms with van der Waals surface area (Å²) in [5.41, 5.74) is 1.94. The molecule has 0 fully saturated rings. The summed E-state index contributed by atoms with van der Waals surface area (Å²) in [6, 6.07) is 17.4. The molecule has 0 spiro atoms. The van der Waals surface area contributed by atoms with Gasteiger partial charge in [-0.1, -0.05) is 61.8 Å². The Morgan fingerprint density at radius 1 is 1.03 bits per heavy atom. The SMILES string of the molecule is CN1/C(=C/C(=O)COC(=O)c2ccccc2C(=O)c2ccc(Cl)c([N+](=O)[O-])c2)C(C)(C)c2ccccc21. The van der Waals surface area contributed by atoms with Gasteiger partial charge in [-0.15, -0.1) is 0 Å². The Hall–Kier alpha value is -4.30. The Bertz CT molecular complexity index is 1480. The fourth-order valence-corrected chi connectivity index (χ4v) is 4.66. The highest BCUT2D eigenvalue weighted by atomic mass is 35.5. The lowest BCUT2D eigenvalue weighted by molar-refractivity contribution is -0.384. The molecular weight excluding hydrogens is 496 g/mol. The number of fused-ring (bicyclic) bond motifs is 1. The fourth-order valence-electron chi connectivity index (χ4n) is 4.48. The van der Waals surface area contributed by atoms with Crippen LogP contribution in [0.2, 0.25) is 5.02 Å². The number of benzene rings is 3. The monoisotopic (exact) mass is 518 g/mol. The van der Waals surface area contributed by atoms with E-state index < -0.39 is 40.2 Å². The molecule has 0 saturated carbocycles. The van der Waals surface area contributed by atoms with Crippen LogP contribution in [-0.2, 0) is 14.9 Å². The van der Waals surface area contributed by atoms with Crippen molar-refractivity contribution < 1.29 is 24.0 Å². The lowest BCUT2D eigenvalue weighted by Crippen LogP contribution is -2.25. The molecule has 9 heteroatoms. The van der Waals surface area contributed by atoms with E-state index in [9.17, 15) is 24.5 Å². The smallest absolute Gasteiger partial charge is 0.339 e. The second-order valence-electron chi connectivity index (χ2n) is 9.07. The molecule has 8 nitrogen and oxygen atoms in total. The van der Waals surface area contributed by atoms with Crippen LogP contribution in [0.3, 0.4) is 0 Å². The topological polar surface area (TPSA) is 107 Å². The van der Waals surface area contributed by atoms with E-state index in [1.54, 1.807) is 12.1 Å². The Morgan fingerprint density at radius 2 is 1.68 bits per heavy atom. The van der Waals surface area contributed by atoms with Crippen molar-refractivity contribution in [3.8, 4) is 0 Å². The molecule has 1 aliphatic rings. The molecule has 3 aromatic rings. The largest absolute Gasteiger partial charge is 0.454 e. The summed E-state index contributed by atoms with van der Waals surface area (Å²) < 4.78 is 5.26. The number of allylic oxidation sites excluding steroid dienone is 1. The van der Waals surface area contributed by atoms with Crippen LogP contribution in [0.5, 0.6) is 0 Å². The third-order valence-corrected chi connectivity index (χ3v) is 6.70. The summed E-state index contributed by atoms with van der Waals surface area (Å²) >= 11 is 5.84. The Balaban J connectivity index is 1.52. The number of ketones is 2. The molecule has 0 N–H and O–H groups in total. The van der Waals surface area contributed by atoms with Gasteiger partial charge in [0.25, 0.3) is 5.69 Å². The van der Waals surface area contributed by atoms with Crippen LogP contribution in [0.4, 0.5) is 11.4 Å². The number of rotatable bonds is 7. The van der Waals surface area contributed by atoms with Gasteiger partial charge in [0.05, 0.1) is 10.5 Å². The molecule has 0 bridgehead atoms. The van der Waals surface area contributed by atoms with E-state index in [0.717, 1.165) is 23.0 Å². The van der Waals surface area contributed by atoms with Crippen LogP contribution < -0.4 is 4.90 Å². The summed E-state index contributed by atoms with van der Waals surface area (Å²) in [6.45, 7) is 3.52. The van der Waals surface area contributed by atoms with E-state index in [2.05, 4.69) is 0 Å². The molecule has 0 saturated heterocycles. The molecule has 0 amide bonds. The summed E-state index contributed by atoms with van der Waals surface area (Å²) in [5, 5.41) is 11.1. The van der Waals surface area contributed by atoms with Crippen molar-refractivity contribution in [2.24, 2.45) is 0 Å². The zero-order valence-corrected chi connectivity index (χ0v) is 21.1. The van der Waals surface area contributed by atoms with Gasteiger partial charge in [-0.25, -0.2) is 4.79 Å². The molecule has 37 heavy (non-hydrogen) atoms. The molecule has 4 rings (SSSR count). The average molecular weight is 519 g/mol. The van der Waals surface area contributed by atoms with Gasteiger partial charge in [0, 0.05) is 47.1 Å². The minimum atomic E-state index is -0.860. The fraction of sp³-hybridized carbons (Fsp3) is 0.179. The van der Waals surface area contributed by atoms with Crippen LogP contribution >= 0.6 is 11.6 Å². The molecule has 0 aromatic heterocycles. The minimum Gasteiger partial charge on any atom is -0.454 e. The summed E-state index contributed by atoms with van der Waals surface area (Å²) in [6.07, 6.45) is 1.47. The predicted molar refractivity (Wildman–Crippen MR) is 139 cm³/mol. The zero-order valence-electron chi connectivity index (χ0n) is 20.4. The number of carbonyl (C=O) groups is 3. The standard InChI is InChI=1S/C28H23ClN2O6/c1-28(2)21-10-6-7-11-23(21)30(3)25(28)15-18(32)16-37-27(34)20-9-5-4-8-19(20)26(33)17-12-13-22(29)24(14-17)31(35)36/h4-15H,16H2,1-3H3/b25-15+. The van der Waals surface area contributed by atoms with Gasteiger partial charge in [-0.2, -0.15) is 0 Å². The first kappa shape index (κ1) is 25.8. The third-order valence-electron chi connectivity index (χ3n) is 6.38. The van der Waals surface area contributed by atoms with Gasteiger partial charge >= 0.3 is 5.97 Å². The third kappa shape index (κ3) is 4.88. The number of nitrogens with zero attached hydrogens (tertiary/aromatic N) is 2. The number of hydrogen-bond acceptors (Lipinski definition) is 7. The molecule has 0 radical (unpaired) electrons. The van der Waals surface area contributed by atoms with Crippen molar-refractivity contribution in [3.05, 3.63) is 116 Å². The Morgan fingerprint density at radius 3 is 2.35 bits per heavy atom. The molecule has 0 aliphatic carbocycles. The molecular formula is C28H23ClN2O6. The van der Waals surface area contributed by atoms with E-state index in [-0.39, 0.29) is 21.7 Å². The summed E-state index contributed by atoms with van der Waals surface area (Å²) in [5.74, 6) is -1.89. The summed E-state index contributed by atoms with van der Waals surface area (Å²) in [4.78, 5) is 51.2.